The second-order valence-corrected chi connectivity index (χ2v) is 3.95. The summed E-state index contributed by atoms with van der Waals surface area (Å²) in [4.78, 5) is 0. The van der Waals surface area contributed by atoms with Crippen LogP contribution in [0.2, 0.25) is 0 Å². The zero-order valence-electron chi connectivity index (χ0n) is 3.87. The summed E-state index contributed by atoms with van der Waals surface area (Å²) >= 11 is 21.1. The van der Waals surface area contributed by atoms with Crippen molar-refractivity contribution in [3.05, 3.63) is 11.6 Å². The first-order valence-electron chi connectivity index (χ1n) is 1.88. The summed E-state index contributed by atoms with van der Waals surface area (Å²) in [6.07, 6.45) is 1.93. The van der Waals surface area contributed by atoms with E-state index in [4.69, 9.17) is 46.4 Å². The average Bonchev–Trinajstić information content (AvgIpc) is 1.59. The number of rotatable bonds is 1. The molecule has 0 nitrogen and oxygen atoms in total. The Hall–Kier alpha value is 0.900. The molecule has 0 aliphatic heterocycles. The fourth-order valence-corrected chi connectivity index (χ4v) is 0.535. The van der Waals surface area contributed by atoms with E-state index in [0.29, 0.717) is 6.42 Å². The maximum Gasteiger partial charge on any atom is 0.194 e. The molecule has 0 rings (SSSR count). The molecule has 0 heterocycles. The minimum atomic E-state index is -1.20. The quantitative estimate of drug-likeness (QED) is 0.560. The number of hydrogen-bond acceptors (Lipinski definition) is 0. The number of hydrogen-bond donors (Lipinski definition) is 0. The Bertz CT molecular complexity index is 80.5. The second kappa shape index (κ2) is 3.84. The lowest BCUT2D eigenvalue weighted by molar-refractivity contribution is 1.08. The average molecular weight is 194 g/mol. The molecule has 0 aromatic heterocycles. The summed E-state index contributed by atoms with van der Waals surface area (Å²) in [5.41, 5.74) is 1.32. The fraction of sp³-hybridized carbons (Fsp3) is 0.500. The third-order valence-electron chi connectivity index (χ3n) is 0.438. The van der Waals surface area contributed by atoms with E-state index in [1.54, 1.807) is 6.08 Å². The van der Waals surface area contributed by atoms with Crippen LogP contribution in [0, 0.1) is 0 Å². The van der Waals surface area contributed by atoms with Gasteiger partial charge in [-0.25, -0.2) is 0 Å². The summed E-state index contributed by atoms with van der Waals surface area (Å²) < 4.78 is -1.20. The van der Waals surface area contributed by atoms with Crippen molar-refractivity contribution >= 4 is 46.4 Å². The topological polar surface area (TPSA) is 0 Å². The van der Waals surface area contributed by atoms with Crippen molar-refractivity contribution in [3.8, 4) is 0 Å². The van der Waals surface area contributed by atoms with Gasteiger partial charge in [0.2, 0.25) is 0 Å². The molecule has 48 valence electrons. The van der Waals surface area contributed by atoms with Crippen molar-refractivity contribution < 1.29 is 0 Å². The van der Waals surface area contributed by atoms with E-state index < -0.39 is 3.79 Å². The molecule has 0 aliphatic rings. The van der Waals surface area contributed by atoms with Crippen LogP contribution in [-0.2, 0) is 0 Å². The standard InChI is InChI=1S/C4H4Cl4/c5-3-1-2-4(6,7)8/h1,3H,2H2/b3-1+. The van der Waals surface area contributed by atoms with Crippen LogP contribution >= 0.6 is 46.4 Å². The highest BCUT2D eigenvalue weighted by Crippen LogP contribution is 2.30. The summed E-state index contributed by atoms with van der Waals surface area (Å²) in [7, 11) is 0. The summed E-state index contributed by atoms with van der Waals surface area (Å²) in [5.74, 6) is 0. The molecule has 0 radical (unpaired) electrons. The van der Waals surface area contributed by atoms with Gasteiger partial charge in [-0.15, -0.1) is 0 Å². The molecule has 0 spiro atoms. The lowest BCUT2D eigenvalue weighted by Gasteiger charge is -2.04. The van der Waals surface area contributed by atoms with Crippen molar-refractivity contribution in [1.82, 2.24) is 0 Å². The van der Waals surface area contributed by atoms with E-state index in [-0.39, 0.29) is 0 Å². The fourth-order valence-electron chi connectivity index (χ4n) is 0.178. The highest BCUT2D eigenvalue weighted by atomic mass is 35.6. The lowest BCUT2D eigenvalue weighted by Crippen LogP contribution is -1.97. The van der Waals surface area contributed by atoms with E-state index >= 15 is 0 Å². The molecule has 0 bridgehead atoms. The molecule has 0 aromatic carbocycles. The van der Waals surface area contributed by atoms with Crippen molar-refractivity contribution in [2.45, 2.75) is 10.2 Å². The molecule has 0 saturated heterocycles. The summed E-state index contributed by atoms with van der Waals surface area (Å²) in [6.45, 7) is 0. The lowest BCUT2D eigenvalue weighted by atomic mass is 10.5. The van der Waals surface area contributed by atoms with Gasteiger partial charge in [0, 0.05) is 12.0 Å². The Kier molecular flexibility index (Phi) is 4.27. The zero-order valence-corrected chi connectivity index (χ0v) is 6.90. The minimum Gasteiger partial charge on any atom is -0.0933 e. The molecule has 0 N–H and O–H groups in total. The SMILES string of the molecule is Cl/C=C/CC(Cl)(Cl)Cl. The molecule has 0 atom stereocenters. The monoisotopic (exact) mass is 192 g/mol. The second-order valence-electron chi connectivity index (χ2n) is 1.18. The Balaban J connectivity index is 3.39. The number of allylic oxidation sites excluding steroid dienone is 1. The Morgan fingerprint density at radius 1 is 1.25 bits per heavy atom. The Labute approximate surface area is 68.4 Å². The van der Waals surface area contributed by atoms with Crippen molar-refractivity contribution in [2.75, 3.05) is 0 Å². The van der Waals surface area contributed by atoms with E-state index in [0.717, 1.165) is 0 Å². The maximum atomic E-state index is 5.33. The van der Waals surface area contributed by atoms with E-state index in [1.807, 2.05) is 0 Å². The van der Waals surface area contributed by atoms with Crippen LogP contribution in [0.4, 0.5) is 0 Å². The van der Waals surface area contributed by atoms with Crippen molar-refractivity contribution in [3.63, 3.8) is 0 Å². The van der Waals surface area contributed by atoms with Gasteiger partial charge in [-0.05, 0) is 0 Å². The maximum absolute atomic E-state index is 5.33. The first-order chi connectivity index (χ1) is 3.56. The van der Waals surface area contributed by atoms with Gasteiger partial charge >= 0.3 is 0 Å². The highest BCUT2D eigenvalue weighted by Gasteiger charge is 2.16. The van der Waals surface area contributed by atoms with Crippen LogP contribution in [0.25, 0.3) is 0 Å². The van der Waals surface area contributed by atoms with Crippen LogP contribution in [0.1, 0.15) is 6.42 Å². The molecule has 0 fully saturated rings. The van der Waals surface area contributed by atoms with Crippen LogP contribution in [-0.4, -0.2) is 3.79 Å². The minimum absolute atomic E-state index is 0.348. The Morgan fingerprint density at radius 2 is 1.75 bits per heavy atom. The van der Waals surface area contributed by atoms with Gasteiger partial charge in [0.05, 0.1) is 0 Å². The molecular formula is C4H4Cl4. The largest absolute Gasteiger partial charge is 0.194 e. The van der Waals surface area contributed by atoms with Gasteiger partial charge in [-0.2, -0.15) is 0 Å². The van der Waals surface area contributed by atoms with Crippen molar-refractivity contribution in [2.24, 2.45) is 0 Å². The zero-order chi connectivity index (χ0) is 6.62. The molecule has 8 heavy (non-hydrogen) atoms. The van der Waals surface area contributed by atoms with Gasteiger partial charge in [0.1, 0.15) is 0 Å². The normalized spacial score (nSPS) is 13.0. The van der Waals surface area contributed by atoms with Crippen LogP contribution in [0.3, 0.4) is 0 Å². The molecule has 0 unspecified atom stereocenters. The van der Waals surface area contributed by atoms with Gasteiger partial charge in [0.15, 0.2) is 3.79 Å². The highest BCUT2D eigenvalue weighted by molar-refractivity contribution is 6.67. The molecule has 0 aliphatic carbocycles. The third-order valence-corrected chi connectivity index (χ3v) is 1.08. The molecular weight excluding hydrogens is 190 g/mol. The summed E-state index contributed by atoms with van der Waals surface area (Å²) in [6, 6.07) is 0. The third kappa shape index (κ3) is 6.90. The summed E-state index contributed by atoms with van der Waals surface area (Å²) in [5, 5.41) is 0. The van der Waals surface area contributed by atoms with E-state index in [2.05, 4.69) is 0 Å². The van der Waals surface area contributed by atoms with Gasteiger partial charge < -0.3 is 0 Å². The van der Waals surface area contributed by atoms with E-state index in [1.165, 1.54) is 5.54 Å². The predicted molar refractivity (Wildman–Crippen MR) is 39.9 cm³/mol. The Morgan fingerprint density at radius 3 is 1.88 bits per heavy atom. The van der Waals surface area contributed by atoms with Gasteiger partial charge in [0.25, 0.3) is 0 Å². The first-order valence-corrected chi connectivity index (χ1v) is 3.45. The molecule has 0 aromatic rings. The first kappa shape index (κ1) is 8.90. The van der Waals surface area contributed by atoms with E-state index in [9.17, 15) is 0 Å². The number of alkyl halides is 3. The van der Waals surface area contributed by atoms with Crippen LogP contribution in [0.15, 0.2) is 11.6 Å². The van der Waals surface area contributed by atoms with Gasteiger partial charge in [-0.3, -0.25) is 0 Å². The predicted octanol–water partition coefficient (Wildman–Crippen LogP) is 3.50. The smallest absolute Gasteiger partial charge is 0.0933 e. The molecule has 0 amide bonds. The molecule has 0 saturated carbocycles. The van der Waals surface area contributed by atoms with Crippen LogP contribution in [0.5, 0.6) is 0 Å². The van der Waals surface area contributed by atoms with Crippen molar-refractivity contribution in [1.29, 1.82) is 0 Å². The van der Waals surface area contributed by atoms with Crippen LogP contribution < -0.4 is 0 Å². The molecule has 4 heteroatoms. The number of halogens is 4. The van der Waals surface area contributed by atoms with Gasteiger partial charge in [-0.1, -0.05) is 52.5 Å².